The van der Waals surface area contributed by atoms with Gasteiger partial charge in [-0.15, -0.1) is 0 Å². The predicted octanol–water partition coefficient (Wildman–Crippen LogP) is 4.55. The van der Waals surface area contributed by atoms with E-state index in [-0.39, 0.29) is 23.7 Å². The van der Waals surface area contributed by atoms with Crippen LogP contribution in [0.15, 0.2) is 12.2 Å². The number of hydrogen-bond donors (Lipinski definition) is 2. The summed E-state index contributed by atoms with van der Waals surface area (Å²) in [6.45, 7) is 2.92. The number of carbonyl (C=O) groups excluding carboxylic acids is 1. The quantitative estimate of drug-likeness (QED) is 0.379. The zero-order chi connectivity index (χ0) is 18.1. The molecule has 1 saturated carbocycles. The number of nitrogens with one attached hydrogen (secondary N) is 1. The van der Waals surface area contributed by atoms with Gasteiger partial charge in [-0.1, -0.05) is 76.9 Å². The van der Waals surface area contributed by atoms with Crippen LogP contribution in [0.25, 0.3) is 0 Å². The molecule has 0 saturated heterocycles. The smallest absolute Gasteiger partial charge is 0.307 e. The van der Waals surface area contributed by atoms with E-state index in [1.54, 1.807) is 0 Å². The molecule has 1 amide bonds. The third-order valence-corrected chi connectivity index (χ3v) is 5.88. The normalized spacial score (nSPS) is 26.9. The summed E-state index contributed by atoms with van der Waals surface area (Å²) in [5, 5.41) is 12.4. The third kappa shape index (κ3) is 5.86. The maximum absolute atomic E-state index is 12.4. The lowest BCUT2D eigenvalue weighted by Crippen LogP contribution is -2.40. The van der Waals surface area contributed by atoms with Gasteiger partial charge in [0.05, 0.1) is 11.8 Å². The van der Waals surface area contributed by atoms with E-state index in [0.717, 1.165) is 19.3 Å². The fraction of sp³-hybridized carbons (Fsp3) is 0.810. The Morgan fingerprint density at radius 1 is 0.880 bits per heavy atom. The summed E-state index contributed by atoms with van der Waals surface area (Å²) < 4.78 is 0. The molecule has 25 heavy (non-hydrogen) atoms. The third-order valence-electron chi connectivity index (χ3n) is 5.88. The van der Waals surface area contributed by atoms with Gasteiger partial charge in [0.2, 0.25) is 5.91 Å². The lowest BCUT2D eigenvalue weighted by Gasteiger charge is -2.23. The lowest BCUT2D eigenvalue weighted by molar-refractivity contribution is -0.147. The summed E-state index contributed by atoms with van der Waals surface area (Å²) >= 11 is 0. The van der Waals surface area contributed by atoms with Crippen LogP contribution < -0.4 is 5.32 Å². The zero-order valence-electron chi connectivity index (χ0n) is 15.7. The molecule has 4 nitrogen and oxygen atoms in total. The minimum Gasteiger partial charge on any atom is -0.481 e. The van der Waals surface area contributed by atoms with Gasteiger partial charge >= 0.3 is 5.97 Å². The van der Waals surface area contributed by atoms with Crippen LogP contribution in [-0.2, 0) is 9.59 Å². The van der Waals surface area contributed by atoms with Crippen LogP contribution >= 0.6 is 0 Å². The first-order chi connectivity index (χ1) is 12.1. The van der Waals surface area contributed by atoms with Crippen LogP contribution in [0.3, 0.4) is 0 Å². The second-order valence-corrected chi connectivity index (χ2v) is 7.81. The lowest BCUT2D eigenvalue weighted by atomic mass is 9.82. The Kier molecular flexibility index (Phi) is 8.50. The van der Waals surface area contributed by atoms with Crippen molar-refractivity contribution in [3.05, 3.63) is 12.2 Å². The molecule has 0 aromatic carbocycles. The summed E-state index contributed by atoms with van der Waals surface area (Å²) in [7, 11) is 0. The van der Waals surface area contributed by atoms with Gasteiger partial charge in [-0.05, 0) is 24.7 Å². The maximum Gasteiger partial charge on any atom is 0.307 e. The second-order valence-electron chi connectivity index (χ2n) is 7.81. The molecule has 4 atom stereocenters. The van der Waals surface area contributed by atoms with Crippen LogP contribution in [0.4, 0.5) is 0 Å². The molecule has 2 bridgehead atoms. The second kappa shape index (κ2) is 10.6. The van der Waals surface area contributed by atoms with Gasteiger partial charge in [0.1, 0.15) is 0 Å². The number of unbranched alkanes of at least 4 members (excludes halogenated alkanes) is 9. The average Bonchev–Trinajstić information content (AvgIpc) is 3.20. The molecule has 2 aliphatic rings. The fourth-order valence-corrected chi connectivity index (χ4v) is 4.46. The number of fused-ring (bicyclic) bond motifs is 2. The Morgan fingerprint density at radius 3 is 1.96 bits per heavy atom. The van der Waals surface area contributed by atoms with Crippen molar-refractivity contribution >= 4 is 11.9 Å². The van der Waals surface area contributed by atoms with Crippen molar-refractivity contribution in [3.8, 4) is 0 Å². The number of carboxylic acids is 1. The highest BCUT2D eigenvalue weighted by atomic mass is 16.4. The summed E-state index contributed by atoms with van der Waals surface area (Å²) in [5.74, 6) is -1.59. The van der Waals surface area contributed by atoms with E-state index in [0.29, 0.717) is 6.54 Å². The van der Waals surface area contributed by atoms with Gasteiger partial charge in [0.25, 0.3) is 0 Å². The number of rotatable bonds is 13. The van der Waals surface area contributed by atoms with Gasteiger partial charge in [0.15, 0.2) is 0 Å². The van der Waals surface area contributed by atoms with E-state index in [1.165, 1.54) is 51.4 Å². The molecule has 4 heteroatoms. The Balaban J connectivity index is 1.52. The molecular formula is C21H35NO3. The van der Waals surface area contributed by atoms with E-state index >= 15 is 0 Å². The Labute approximate surface area is 152 Å². The number of amides is 1. The van der Waals surface area contributed by atoms with Crippen LogP contribution in [0.2, 0.25) is 0 Å². The average molecular weight is 350 g/mol. The van der Waals surface area contributed by atoms with Gasteiger partial charge in [0, 0.05) is 6.54 Å². The van der Waals surface area contributed by atoms with Crippen molar-refractivity contribution in [1.82, 2.24) is 5.32 Å². The highest BCUT2D eigenvalue weighted by Crippen LogP contribution is 2.48. The van der Waals surface area contributed by atoms with Crippen molar-refractivity contribution in [2.75, 3.05) is 6.54 Å². The van der Waals surface area contributed by atoms with Crippen molar-refractivity contribution in [1.29, 1.82) is 0 Å². The molecule has 0 unspecified atom stereocenters. The molecule has 0 radical (unpaired) electrons. The number of carboxylic acid groups (broad SMARTS) is 1. The number of allylic oxidation sites excluding steroid dienone is 2. The molecule has 2 N–H and O–H groups in total. The van der Waals surface area contributed by atoms with Crippen LogP contribution in [0.5, 0.6) is 0 Å². The summed E-state index contributed by atoms with van der Waals surface area (Å²) in [6, 6.07) is 0. The molecule has 0 heterocycles. The zero-order valence-corrected chi connectivity index (χ0v) is 15.7. The molecule has 0 aromatic heterocycles. The number of hydrogen-bond acceptors (Lipinski definition) is 2. The van der Waals surface area contributed by atoms with Crippen molar-refractivity contribution in [2.24, 2.45) is 23.7 Å². The molecule has 2 aliphatic carbocycles. The molecule has 0 aliphatic heterocycles. The molecule has 1 fully saturated rings. The number of aliphatic carboxylic acids is 1. The fourth-order valence-electron chi connectivity index (χ4n) is 4.46. The molecule has 142 valence electrons. The van der Waals surface area contributed by atoms with Gasteiger partial charge in [-0.2, -0.15) is 0 Å². The minimum atomic E-state index is -0.823. The largest absolute Gasteiger partial charge is 0.481 e. The number of carbonyl (C=O) groups is 2. The minimum absolute atomic E-state index is 0.0515. The Morgan fingerprint density at radius 2 is 1.40 bits per heavy atom. The van der Waals surface area contributed by atoms with Crippen LogP contribution in [0, 0.1) is 23.7 Å². The van der Waals surface area contributed by atoms with E-state index in [9.17, 15) is 14.7 Å². The van der Waals surface area contributed by atoms with Gasteiger partial charge in [-0.3, -0.25) is 9.59 Å². The highest BCUT2D eigenvalue weighted by molar-refractivity contribution is 5.86. The summed E-state index contributed by atoms with van der Waals surface area (Å²) in [6.07, 6.45) is 17.6. The van der Waals surface area contributed by atoms with E-state index in [2.05, 4.69) is 12.2 Å². The molecule has 0 spiro atoms. The molecule has 0 aromatic rings. The first-order valence-corrected chi connectivity index (χ1v) is 10.3. The van der Waals surface area contributed by atoms with Crippen LogP contribution in [-0.4, -0.2) is 23.5 Å². The van der Waals surface area contributed by atoms with E-state index in [1.807, 2.05) is 12.2 Å². The van der Waals surface area contributed by atoms with Crippen molar-refractivity contribution < 1.29 is 14.7 Å². The van der Waals surface area contributed by atoms with Gasteiger partial charge < -0.3 is 10.4 Å². The van der Waals surface area contributed by atoms with Gasteiger partial charge in [-0.25, -0.2) is 0 Å². The summed E-state index contributed by atoms with van der Waals surface area (Å²) in [4.78, 5) is 23.9. The Bertz CT molecular complexity index is 460. The van der Waals surface area contributed by atoms with Crippen molar-refractivity contribution in [3.63, 3.8) is 0 Å². The first-order valence-electron chi connectivity index (χ1n) is 10.3. The summed E-state index contributed by atoms with van der Waals surface area (Å²) in [5.41, 5.74) is 0. The highest BCUT2D eigenvalue weighted by Gasteiger charge is 2.51. The predicted molar refractivity (Wildman–Crippen MR) is 100 cm³/mol. The maximum atomic E-state index is 12.4. The molecular weight excluding hydrogens is 314 g/mol. The van der Waals surface area contributed by atoms with E-state index in [4.69, 9.17) is 0 Å². The monoisotopic (exact) mass is 349 g/mol. The van der Waals surface area contributed by atoms with E-state index < -0.39 is 11.9 Å². The van der Waals surface area contributed by atoms with Crippen LogP contribution in [0.1, 0.15) is 77.6 Å². The topological polar surface area (TPSA) is 66.4 Å². The van der Waals surface area contributed by atoms with Crippen molar-refractivity contribution in [2.45, 2.75) is 77.6 Å². The Hall–Kier alpha value is -1.32. The first kappa shape index (κ1) is 20.0. The standard InChI is InChI=1S/C21H35NO3/c1-2-3-4-5-6-7-8-9-10-11-14-22-20(23)18-16-12-13-17(15-16)19(18)21(24)25/h12-13,16-19H,2-11,14-15H2,1H3,(H,22,23)(H,24,25)/t16-,17+,18-,19+/m1/s1. The SMILES string of the molecule is CCCCCCCCCCCCNC(=O)[C@H]1[C@@H](C(=O)O)[C@H]2C=C[C@@H]1C2. The molecule has 2 rings (SSSR count).